The summed E-state index contributed by atoms with van der Waals surface area (Å²) in [6.45, 7) is 5.71. The average Bonchev–Trinajstić information content (AvgIpc) is 2.95. The molecule has 0 spiro atoms. The van der Waals surface area contributed by atoms with E-state index in [2.05, 4.69) is 34.5 Å². The summed E-state index contributed by atoms with van der Waals surface area (Å²) >= 11 is 0. The van der Waals surface area contributed by atoms with Gasteiger partial charge in [-0.05, 0) is 75.4 Å². The lowest BCUT2D eigenvalue weighted by Crippen LogP contribution is -2.52. The number of amides is 2. The molecule has 2 saturated heterocycles. The second-order valence-electron chi connectivity index (χ2n) is 10.9. The number of piperidine rings is 2. The topological polar surface area (TPSA) is 90.0 Å². The summed E-state index contributed by atoms with van der Waals surface area (Å²) in [6.07, 6.45) is 9.01. The number of sulfonamides is 1. The summed E-state index contributed by atoms with van der Waals surface area (Å²) in [7, 11) is -4.01. The SMILES string of the molecule is Cc1ccc(S(=O)(=O)N2C=CNC(=O)C2CC(=O)N2CCCCC2c2ccc(CN3CCCCC3)cc2)cc1. The molecule has 39 heavy (non-hydrogen) atoms. The van der Waals surface area contributed by atoms with Crippen molar-refractivity contribution in [2.24, 2.45) is 0 Å². The lowest BCUT2D eigenvalue weighted by atomic mass is 9.93. The van der Waals surface area contributed by atoms with Crippen LogP contribution in [0.15, 0.2) is 65.8 Å². The van der Waals surface area contributed by atoms with Crippen LogP contribution in [0.4, 0.5) is 0 Å². The molecule has 5 rings (SSSR count). The van der Waals surface area contributed by atoms with Gasteiger partial charge in [0.05, 0.1) is 17.4 Å². The summed E-state index contributed by atoms with van der Waals surface area (Å²) in [4.78, 5) is 31.0. The number of benzene rings is 2. The van der Waals surface area contributed by atoms with Gasteiger partial charge in [0.2, 0.25) is 11.8 Å². The molecule has 2 atom stereocenters. The quantitative estimate of drug-likeness (QED) is 0.561. The molecule has 8 nitrogen and oxygen atoms in total. The molecule has 0 aromatic heterocycles. The highest BCUT2D eigenvalue weighted by molar-refractivity contribution is 7.89. The molecule has 0 aliphatic carbocycles. The summed E-state index contributed by atoms with van der Waals surface area (Å²) in [5, 5.41) is 2.59. The van der Waals surface area contributed by atoms with Crippen LogP contribution >= 0.6 is 0 Å². The van der Waals surface area contributed by atoms with E-state index in [1.165, 1.54) is 49.4 Å². The van der Waals surface area contributed by atoms with E-state index in [9.17, 15) is 18.0 Å². The van der Waals surface area contributed by atoms with Gasteiger partial charge in [-0.3, -0.25) is 18.8 Å². The summed E-state index contributed by atoms with van der Waals surface area (Å²) < 4.78 is 27.9. The molecule has 3 heterocycles. The summed E-state index contributed by atoms with van der Waals surface area (Å²) in [5.74, 6) is -0.714. The van der Waals surface area contributed by atoms with Crippen molar-refractivity contribution in [1.82, 2.24) is 19.4 Å². The van der Waals surface area contributed by atoms with Gasteiger partial charge in [0.15, 0.2) is 0 Å². The Hall–Kier alpha value is -3.17. The molecule has 2 fully saturated rings. The Labute approximate surface area is 231 Å². The van der Waals surface area contributed by atoms with Gasteiger partial charge in [0.25, 0.3) is 10.0 Å². The minimum absolute atomic E-state index is 0.0837. The fraction of sp³-hybridized carbons (Fsp3) is 0.467. The highest BCUT2D eigenvalue weighted by Gasteiger charge is 2.39. The van der Waals surface area contributed by atoms with E-state index in [-0.39, 0.29) is 23.3 Å². The fourth-order valence-corrected chi connectivity index (χ4v) is 7.30. The number of hydrogen-bond acceptors (Lipinski definition) is 5. The highest BCUT2D eigenvalue weighted by Crippen LogP contribution is 2.33. The van der Waals surface area contributed by atoms with E-state index >= 15 is 0 Å². The van der Waals surface area contributed by atoms with Gasteiger partial charge >= 0.3 is 0 Å². The largest absolute Gasteiger partial charge is 0.336 e. The van der Waals surface area contributed by atoms with Gasteiger partial charge < -0.3 is 10.2 Å². The number of carbonyl (C=O) groups is 2. The van der Waals surface area contributed by atoms with Crippen molar-refractivity contribution in [3.05, 3.63) is 77.6 Å². The number of aryl methyl sites for hydroxylation is 1. The van der Waals surface area contributed by atoms with Crippen LogP contribution in [-0.4, -0.2) is 60.0 Å². The van der Waals surface area contributed by atoms with E-state index in [1.54, 1.807) is 12.1 Å². The lowest BCUT2D eigenvalue weighted by molar-refractivity contribution is -0.138. The maximum Gasteiger partial charge on any atom is 0.264 e. The van der Waals surface area contributed by atoms with Crippen molar-refractivity contribution < 1.29 is 18.0 Å². The van der Waals surface area contributed by atoms with Crippen LogP contribution in [0.5, 0.6) is 0 Å². The molecule has 2 aromatic rings. The maximum atomic E-state index is 13.7. The molecule has 3 aliphatic rings. The summed E-state index contributed by atoms with van der Waals surface area (Å²) in [6, 6.07) is 13.8. The Morgan fingerprint density at radius 1 is 0.923 bits per heavy atom. The number of nitrogens with one attached hydrogen (secondary N) is 1. The van der Waals surface area contributed by atoms with Crippen molar-refractivity contribution in [2.75, 3.05) is 19.6 Å². The molecule has 2 unspecified atom stereocenters. The normalized spacial score (nSPS) is 22.5. The van der Waals surface area contributed by atoms with Crippen LogP contribution in [-0.2, 0) is 26.2 Å². The Balaban J connectivity index is 1.31. The van der Waals surface area contributed by atoms with Crippen molar-refractivity contribution in [3.63, 3.8) is 0 Å². The minimum atomic E-state index is -4.01. The van der Waals surface area contributed by atoms with E-state index in [1.807, 2.05) is 11.8 Å². The molecular formula is C30H38N4O4S. The smallest absolute Gasteiger partial charge is 0.264 e. The number of likely N-dealkylation sites (tertiary alicyclic amines) is 2. The first kappa shape index (κ1) is 27.4. The number of hydrogen-bond donors (Lipinski definition) is 1. The molecule has 9 heteroatoms. The predicted octanol–water partition coefficient (Wildman–Crippen LogP) is 4.09. The Bertz CT molecular complexity index is 1300. The Morgan fingerprint density at radius 3 is 2.33 bits per heavy atom. The lowest BCUT2D eigenvalue weighted by Gasteiger charge is -2.38. The van der Waals surface area contributed by atoms with Crippen LogP contribution in [0.2, 0.25) is 0 Å². The first-order valence-corrected chi connectivity index (χ1v) is 15.4. The monoisotopic (exact) mass is 550 g/mol. The number of carbonyl (C=O) groups excluding carboxylic acids is 2. The average molecular weight is 551 g/mol. The summed E-state index contributed by atoms with van der Waals surface area (Å²) in [5.41, 5.74) is 3.29. The van der Waals surface area contributed by atoms with Gasteiger partial charge in [0.1, 0.15) is 6.04 Å². The van der Waals surface area contributed by atoms with Gasteiger partial charge in [0, 0.05) is 25.5 Å². The zero-order chi connectivity index (χ0) is 27.4. The third-order valence-electron chi connectivity index (χ3n) is 8.06. The Morgan fingerprint density at radius 2 is 1.62 bits per heavy atom. The van der Waals surface area contributed by atoms with E-state index < -0.39 is 22.0 Å². The third-order valence-corrected chi connectivity index (χ3v) is 9.86. The molecule has 3 aliphatic heterocycles. The molecule has 2 amide bonds. The molecule has 0 saturated carbocycles. The van der Waals surface area contributed by atoms with Crippen LogP contribution in [0.3, 0.4) is 0 Å². The van der Waals surface area contributed by atoms with Crippen LogP contribution in [0.1, 0.15) is 67.7 Å². The van der Waals surface area contributed by atoms with E-state index in [4.69, 9.17) is 0 Å². The molecular weight excluding hydrogens is 512 g/mol. The molecule has 1 N–H and O–H groups in total. The standard InChI is InChI=1S/C30H38N4O4S/c1-23-8-14-26(15-9-23)39(37,38)34-20-16-31-30(36)28(34)21-29(35)33-19-6-3-7-27(33)25-12-10-24(11-13-25)22-32-17-4-2-5-18-32/h8-16,20,27-28H,2-7,17-19,21-22H2,1H3,(H,31,36). The van der Waals surface area contributed by atoms with Crippen molar-refractivity contribution in [3.8, 4) is 0 Å². The number of rotatable bonds is 7. The molecule has 208 valence electrons. The van der Waals surface area contributed by atoms with Crippen LogP contribution in [0.25, 0.3) is 0 Å². The van der Waals surface area contributed by atoms with Crippen molar-refractivity contribution >= 4 is 21.8 Å². The van der Waals surface area contributed by atoms with Gasteiger partial charge in [-0.1, -0.05) is 48.4 Å². The fourth-order valence-electron chi connectivity index (χ4n) is 5.85. The first-order chi connectivity index (χ1) is 18.8. The number of nitrogens with zero attached hydrogens (tertiary/aromatic N) is 3. The van der Waals surface area contributed by atoms with Gasteiger partial charge in [-0.2, -0.15) is 0 Å². The van der Waals surface area contributed by atoms with E-state index in [0.717, 1.165) is 54.3 Å². The van der Waals surface area contributed by atoms with Crippen molar-refractivity contribution in [2.45, 2.75) is 75.4 Å². The van der Waals surface area contributed by atoms with E-state index in [0.29, 0.717) is 6.54 Å². The van der Waals surface area contributed by atoms with Crippen LogP contribution < -0.4 is 5.32 Å². The zero-order valence-electron chi connectivity index (χ0n) is 22.6. The minimum Gasteiger partial charge on any atom is -0.336 e. The second kappa shape index (κ2) is 11.9. The zero-order valence-corrected chi connectivity index (χ0v) is 23.4. The van der Waals surface area contributed by atoms with Crippen LogP contribution in [0, 0.1) is 6.92 Å². The second-order valence-corrected chi connectivity index (χ2v) is 12.7. The van der Waals surface area contributed by atoms with Gasteiger partial charge in [-0.15, -0.1) is 0 Å². The maximum absolute atomic E-state index is 13.7. The predicted molar refractivity (Wildman–Crippen MR) is 150 cm³/mol. The van der Waals surface area contributed by atoms with Crippen molar-refractivity contribution in [1.29, 1.82) is 0 Å². The molecule has 2 aromatic carbocycles. The first-order valence-electron chi connectivity index (χ1n) is 14.0. The molecule has 0 radical (unpaired) electrons. The Kier molecular flexibility index (Phi) is 8.37. The highest BCUT2D eigenvalue weighted by atomic mass is 32.2. The third kappa shape index (κ3) is 6.20. The molecule has 0 bridgehead atoms. The van der Waals surface area contributed by atoms with Gasteiger partial charge in [-0.25, -0.2) is 8.42 Å².